The van der Waals surface area contributed by atoms with E-state index in [0.717, 1.165) is 12.0 Å². The highest BCUT2D eigenvalue weighted by atomic mass is 35.5. The molecule has 0 bridgehead atoms. The number of hydrogen-bond donors (Lipinski definition) is 1. The van der Waals surface area contributed by atoms with Crippen molar-refractivity contribution in [1.29, 1.82) is 0 Å². The smallest absolute Gasteiger partial charge is 0.232 e. The Bertz CT molecular complexity index is 946. The zero-order valence-corrected chi connectivity index (χ0v) is 19.6. The molecule has 0 aliphatic rings. The fourth-order valence-electron chi connectivity index (χ4n) is 3.42. The van der Waals surface area contributed by atoms with Crippen molar-refractivity contribution >= 4 is 33.2 Å². The van der Waals surface area contributed by atoms with E-state index in [1.54, 1.807) is 25.1 Å². The predicted octanol–water partition coefficient (Wildman–Crippen LogP) is 5.10. The molecule has 2 aromatic carbocycles. The van der Waals surface area contributed by atoms with Crippen LogP contribution in [0.3, 0.4) is 0 Å². The third kappa shape index (κ3) is 7.03. The molecule has 2 aromatic rings. The number of amides is 1. The summed E-state index contributed by atoms with van der Waals surface area (Å²) >= 11 is 6.16. The van der Waals surface area contributed by atoms with Gasteiger partial charge in [-0.2, -0.15) is 0 Å². The summed E-state index contributed by atoms with van der Waals surface area (Å²) in [7, 11) is -3.49. The van der Waals surface area contributed by atoms with E-state index >= 15 is 0 Å². The molecule has 0 unspecified atom stereocenters. The fraction of sp³-hybridized carbons (Fsp3) is 0.435. The number of carbonyl (C=O) groups excluding carboxylic acids is 1. The third-order valence-corrected chi connectivity index (χ3v) is 6.51. The maximum absolute atomic E-state index is 12.6. The molecule has 0 aromatic heterocycles. The molecule has 0 saturated carbocycles. The molecule has 2 rings (SSSR count). The van der Waals surface area contributed by atoms with Crippen LogP contribution in [0.15, 0.2) is 48.5 Å². The minimum atomic E-state index is -3.49. The van der Waals surface area contributed by atoms with Gasteiger partial charge in [-0.05, 0) is 48.9 Å². The molecule has 0 fully saturated rings. The Hall–Kier alpha value is -2.05. The largest absolute Gasteiger partial charge is 0.349 e. The number of anilines is 1. The van der Waals surface area contributed by atoms with Crippen LogP contribution < -0.4 is 9.62 Å². The summed E-state index contributed by atoms with van der Waals surface area (Å²) in [6, 6.07) is 15.0. The van der Waals surface area contributed by atoms with Crippen LogP contribution in [0.4, 0.5) is 5.69 Å². The second kappa shape index (κ2) is 10.8. The summed E-state index contributed by atoms with van der Waals surface area (Å²) in [5.74, 6) is 0.350. The van der Waals surface area contributed by atoms with Crippen molar-refractivity contribution in [2.45, 2.75) is 46.1 Å². The van der Waals surface area contributed by atoms with E-state index in [-0.39, 0.29) is 24.9 Å². The first-order valence-corrected chi connectivity index (χ1v) is 12.4. The highest BCUT2D eigenvalue weighted by Gasteiger charge is 2.21. The summed E-state index contributed by atoms with van der Waals surface area (Å²) in [6.07, 6.45) is 2.66. The normalized spacial score (nSPS) is 12.6. The maximum atomic E-state index is 12.6. The van der Waals surface area contributed by atoms with Crippen LogP contribution >= 0.6 is 11.6 Å². The van der Waals surface area contributed by atoms with Gasteiger partial charge in [0.2, 0.25) is 15.9 Å². The van der Waals surface area contributed by atoms with Gasteiger partial charge in [-0.25, -0.2) is 8.42 Å². The Kier molecular flexibility index (Phi) is 8.74. The second-order valence-electron chi connectivity index (χ2n) is 7.98. The summed E-state index contributed by atoms with van der Waals surface area (Å²) in [4.78, 5) is 12.6. The molecule has 5 nitrogen and oxygen atoms in total. The van der Waals surface area contributed by atoms with E-state index in [4.69, 9.17) is 11.6 Å². The molecule has 7 heteroatoms. The van der Waals surface area contributed by atoms with Gasteiger partial charge in [0.05, 0.1) is 18.0 Å². The summed E-state index contributed by atoms with van der Waals surface area (Å²) in [5.41, 5.74) is 2.33. The van der Waals surface area contributed by atoms with Crippen molar-refractivity contribution in [1.82, 2.24) is 5.32 Å². The maximum Gasteiger partial charge on any atom is 0.232 e. The van der Waals surface area contributed by atoms with E-state index in [1.165, 1.54) is 10.6 Å². The van der Waals surface area contributed by atoms with Gasteiger partial charge in [0.15, 0.2) is 0 Å². The van der Waals surface area contributed by atoms with Crippen molar-refractivity contribution in [3.63, 3.8) is 0 Å². The fourth-order valence-corrected chi connectivity index (χ4v) is 4.60. The van der Waals surface area contributed by atoms with E-state index < -0.39 is 10.0 Å². The van der Waals surface area contributed by atoms with Crippen molar-refractivity contribution in [3.05, 3.63) is 64.7 Å². The van der Waals surface area contributed by atoms with Crippen LogP contribution in [0.2, 0.25) is 5.02 Å². The molecular weight excluding hydrogens is 420 g/mol. The van der Waals surface area contributed by atoms with Gasteiger partial charge < -0.3 is 5.32 Å². The number of carbonyl (C=O) groups is 1. The van der Waals surface area contributed by atoms with Crippen LogP contribution in [-0.2, 0) is 14.8 Å². The zero-order valence-electron chi connectivity index (χ0n) is 18.1. The molecule has 1 atom stereocenters. The number of benzene rings is 2. The lowest BCUT2D eigenvalue weighted by Gasteiger charge is -2.25. The van der Waals surface area contributed by atoms with E-state index in [0.29, 0.717) is 28.6 Å². The number of nitrogens with zero attached hydrogens (tertiary/aromatic N) is 1. The lowest BCUT2D eigenvalue weighted by atomic mass is 9.97. The van der Waals surface area contributed by atoms with Crippen molar-refractivity contribution in [3.8, 4) is 0 Å². The lowest BCUT2D eigenvalue weighted by molar-refractivity contribution is -0.122. The number of sulfonamides is 1. The molecule has 1 amide bonds. The first kappa shape index (κ1) is 24.2. The van der Waals surface area contributed by atoms with Gasteiger partial charge in [0, 0.05) is 18.0 Å². The molecule has 164 valence electrons. The van der Waals surface area contributed by atoms with Gasteiger partial charge >= 0.3 is 0 Å². The lowest BCUT2D eigenvalue weighted by Crippen LogP contribution is -2.33. The van der Waals surface area contributed by atoms with Gasteiger partial charge in [-0.1, -0.05) is 61.8 Å². The molecule has 1 N–H and O–H groups in total. The minimum Gasteiger partial charge on any atom is -0.349 e. The van der Waals surface area contributed by atoms with Crippen molar-refractivity contribution in [2.24, 2.45) is 5.92 Å². The average Bonchev–Trinajstić information content (AvgIpc) is 2.67. The molecule has 0 aliphatic heterocycles. The summed E-state index contributed by atoms with van der Waals surface area (Å²) in [5, 5.41) is 3.62. The molecule has 0 aliphatic carbocycles. The van der Waals surface area contributed by atoms with Gasteiger partial charge in [0.25, 0.3) is 0 Å². The zero-order chi connectivity index (χ0) is 22.3. The predicted molar refractivity (Wildman–Crippen MR) is 124 cm³/mol. The SMILES string of the molecule is Cc1c(Cl)cccc1N(CCCC(=O)N[C@@H](CC(C)C)c1ccccc1)S(C)(=O)=O. The van der Waals surface area contributed by atoms with Crippen LogP contribution in [0.25, 0.3) is 0 Å². The number of hydrogen-bond acceptors (Lipinski definition) is 3. The summed E-state index contributed by atoms with van der Waals surface area (Å²) < 4.78 is 26.0. The third-order valence-electron chi connectivity index (χ3n) is 4.92. The van der Waals surface area contributed by atoms with Gasteiger partial charge in [0.1, 0.15) is 0 Å². The van der Waals surface area contributed by atoms with E-state index in [1.807, 2.05) is 30.3 Å². The monoisotopic (exact) mass is 450 g/mol. The molecular formula is C23H31ClN2O3S. The standard InChI is InChI=1S/C23H31ClN2O3S/c1-17(2)16-21(19-10-6-5-7-11-19)25-23(27)14-9-15-26(30(4,28)29)22-13-8-12-20(24)18(22)3/h5-8,10-13,17,21H,9,14-16H2,1-4H3,(H,25,27)/t21-/m0/s1. The number of nitrogens with one attached hydrogen (secondary N) is 1. The van der Waals surface area contributed by atoms with Gasteiger partial charge in [-0.15, -0.1) is 0 Å². The molecule has 30 heavy (non-hydrogen) atoms. The quantitative estimate of drug-likeness (QED) is 0.547. The minimum absolute atomic E-state index is 0.0557. The molecule has 0 saturated heterocycles. The first-order chi connectivity index (χ1) is 14.1. The highest BCUT2D eigenvalue weighted by Crippen LogP contribution is 2.28. The van der Waals surface area contributed by atoms with E-state index in [9.17, 15) is 13.2 Å². The Balaban J connectivity index is 2.03. The van der Waals surface area contributed by atoms with Crippen LogP contribution in [0.5, 0.6) is 0 Å². The molecule has 0 spiro atoms. The Morgan fingerprint density at radius 3 is 2.37 bits per heavy atom. The van der Waals surface area contributed by atoms with Gasteiger partial charge in [-0.3, -0.25) is 9.10 Å². The van der Waals surface area contributed by atoms with Crippen molar-refractivity contribution < 1.29 is 13.2 Å². The molecule has 0 radical (unpaired) electrons. The van der Waals surface area contributed by atoms with Crippen LogP contribution in [-0.4, -0.2) is 27.1 Å². The van der Waals surface area contributed by atoms with E-state index in [2.05, 4.69) is 19.2 Å². The van der Waals surface area contributed by atoms with Crippen LogP contribution in [0, 0.1) is 12.8 Å². The summed E-state index contributed by atoms with van der Waals surface area (Å²) in [6.45, 7) is 6.26. The molecule has 0 heterocycles. The second-order valence-corrected chi connectivity index (χ2v) is 10.3. The van der Waals surface area contributed by atoms with Crippen molar-refractivity contribution in [2.75, 3.05) is 17.1 Å². The Labute approximate surface area is 185 Å². The average molecular weight is 451 g/mol. The number of rotatable bonds is 10. The Morgan fingerprint density at radius 1 is 1.10 bits per heavy atom. The Morgan fingerprint density at radius 2 is 1.77 bits per heavy atom. The highest BCUT2D eigenvalue weighted by molar-refractivity contribution is 7.92. The first-order valence-electron chi connectivity index (χ1n) is 10.2. The topological polar surface area (TPSA) is 66.5 Å². The number of halogens is 1. The van der Waals surface area contributed by atoms with Crippen LogP contribution in [0.1, 0.15) is 50.3 Å².